The standard InChI is InChI=1S/C15H19ClN4O/c1-9(17)10-4-5-20(7-10)8-14-18-13-3-2-11(16)6-12(13)15(21)19-14/h2-3,6,9-10H,4-5,7-8,17H2,1H3,(H,18,19,21). The lowest BCUT2D eigenvalue weighted by atomic mass is 10.0. The molecule has 1 aliphatic heterocycles. The van der Waals surface area contributed by atoms with Gasteiger partial charge in [-0.15, -0.1) is 0 Å². The van der Waals surface area contributed by atoms with Gasteiger partial charge in [0.05, 0.1) is 17.4 Å². The fourth-order valence-electron chi connectivity index (χ4n) is 2.88. The minimum atomic E-state index is -0.138. The van der Waals surface area contributed by atoms with E-state index in [0.29, 0.717) is 34.2 Å². The van der Waals surface area contributed by atoms with Crippen LogP contribution in [0, 0.1) is 5.92 Å². The molecule has 2 heterocycles. The number of hydrogen-bond acceptors (Lipinski definition) is 4. The Morgan fingerprint density at radius 3 is 3.10 bits per heavy atom. The molecule has 2 atom stereocenters. The summed E-state index contributed by atoms with van der Waals surface area (Å²) in [6.45, 7) is 4.65. The molecule has 0 spiro atoms. The summed E-state index contributed by atoms with van der Waals surface area (Å²) in [4.78, 5) is 21.8. The summed E-state index contributed by atoms with van der Waals surface area (Å²) < 4.78 is 0. The second-order valence-corrected chi connectivity index (χ2v) is 6.25. The average Bonchev–Trinajstić information content (AvgIpc) is 2.88. The van der Waals surface area contributed by atoms with E-state index in [0.717, 1.165) is 19.5 Å². The molecule has 2 aromatic rings. The molecular weight excluding hydrogens is 288 g/mol. The lowest BCUT2D eigenvalue weighted by Gasteiger charge is -2.17. The fraction of sp³-hybridized carbons (Fsp3) is 0.467. The summed E-state index contributed by atoms with van der Waals surface area (Å²) in [5.41, 5.74) is 6.50. The van der Waals surface area contributed by atoms with E-state index in [4.69, 9.17) is 17.3 Å². The maximum Gasteiger partial charge on any atom is 0.258 e. The molecule has 21 heavy (non-hydrogen) atoms. The maximum atomic E-state index is 12.1. The van der Waals surface area contributed by atoms with E-state index < -0.39 is 0 Å². The Bertz CT molecular complexity index is 712. The molecule has 0 radical (unpaired) electrons. The minimum absolute atomic E-state index is 0.138. The van der Waals surface area contributed by atoms with Gasteiger partial charge in [-0.25, -0.2) is 4.98 Å². The van der Waals surface area contributed by atoms with E-state index in [-0.39, 0.29) is 11.6 Å². The SMILES string of the molecule is CC(N)C1CCN(Cc2nc3ccc(Cl)cc3c(=O)[nH]2)C1. The molecule has 6 heteroatoms. The van der Waals surface area contributed by atoms with Crippen LogP contribution in [0.4, 0.5) is 0 Å². The van der Waals surface area contributed by atoms with Crippen molar-refractivity contribution in [2.45, 2.75) is 25.9 Å². The molecule has 5 nitrogen and oxygen atoms in total. The molecule has 0 bridgehead atoms. The smallest absolute Gasteiger partial charge is 0.258 e. The highest BCUT2D eigenvalue weighted by Crippen LogP contribution is 2.20. The number of halogens is 1. The van der Waals surface area contributed by atoms with Gasteiger partial charge in [0.1, 0.15) is 5.82 Å². The number of rotatable bonds is 3. The summed E-state index contributed by atoms with van der Waals surface area (Å²) in [6.07, 6.45) is 1.10. The van der Waals surface area contributed by atoms with E-state index in [1.54, 1.807) is 18.2 Å². The van der Waals surface area contributed by atoms with Crippen molar-refractivity contribution < 1.29 is 0 Å². The lowest BCUT2D eigenvalue weighted by Crippen LogP contribution is -2.30. The Kier molecular flexibility index (Phi) is 3.97. The van der Waals surface area contributed by atoms with Crippen LogP contribution < -0.4 is 11.3 Å². The number of nitrogens with two attached hydrogens (primary N) is 1. The van der Waals surface area contributed by atoms with Gasteiger partial charge in [0.15, 0.2) is 0 Å². The van der Waals surface area contributed by atoms with Gasteiger partial charge < -0.3 is 10.7 Å². The first-order chi connectivity index (χ1) is 10.0. The molecule has 2 unspecified atom stereocenters. The monoisotopic (exact) mass is 306 g/mol. The highest BCUT2D eigenvalue weighted by molar-refractivity contribution is 6.31. The summed E-state index contributed by atoms with van der Waals surface area (Å²) in [5.74, 6) is 1.22. The number of benzene rings is 1. The zero-order valence-corrected chi connectivity index (χ0v) is 12.7. The van der Waals surface area contributed by atoms with E-state index >= 15 is 0 Å². The van der Waals surface area contributed by atoms with Gasteiger partial charge in [-0.1, -0.05) is 11.6 Å². The van der Waals surface area contributed by atoms with Gasteiger partial charge in [-0.2, -0.15) is 0 Å². The zero-order valence-electron chi connectivity index (χ0n) is 12.0. The van der Waals surface area contributed by atoms with Crippen molar-refractivity contribution >= 4 is 22.5 Å². The number of aromatic amines is 1. The van der Waals surface area contributed by atoms with Gasteiger partial charge in [0.2, 0.25) is 0 Å². The summed E-state index contributed by atoms with van der Waals surface area (Å²) in [5, 5.41) is 1.07. The Hall–Kier alpha value is -1.43. The fourth-order valence-corrected chi connectivity index (χ4v) is 3.05. The highest BCUT2D eigenvalue weighted by Gasteiger charge is 2.25. The van der Waals surface area contributed by atoms with Crippen molar-refractivity contribution in [1.29, 1.82) is 0 Å². The van der Waals surface area contributed by atoms with Crippen LogP contribution in [0.3, 0.4) is 0 Å². The van der Waals surface area contributed by atoms with Crippen LogP contribution in [-0.2, 0) is 6.54 Å². The highest BCUT2D eigenvalue weighted by atomic mass is 35.5. The van der Waals surface area contributed by atoms with E-state index in [2.05, 4.69) is 14.9 Å². The van der Waals surface area contributed by atoms with Crippen LogP contribution in [-0.4, -0.2) is 34.0 Å². The van der Waals surface area contributed by atoms with Gasteiger partial charge in [-0.05, 0) is 44.0 Å². The van der Waals surface area contributed by atoms with Crippen molar-refractivity contribution in [2.24, 2.45) is 11.7 Å². The van der Waals surface area contributed by atoms with Gasteiger partial charge >= 0.3 is 0 Å². The van der Waals surface area contributed by atoms with Gasteiger partial charge in [-0.3, -0.25) is 9.69 Å². The lowest BCUT2D eigenvalue weighted by molar-refractivity contribution is 0.301. The first-order valence-corrected chi connectivity index (χ1v) is 7.57. The predicted molar refractivity (Wildman–Crippen MR) is 84.4 cm³/mol. The molecule has 0 amide bonds. The third kappa shape index (κ3) is 3.10. The third-order valence-electron chi connectivity index (χ3n) is 4.14. The van der Waals surface area contributed by atoms with Gasteiger partial charge in [0.25, 0.3) is 5.56 Å². The number of H-pyrrole nitrogens is 1. The Balaban J connectivity index is 1.82. The van der Waals surface area contributed by atoms with Crippen molar-refractivity contribution in [3.8, 4) is 0 Å². The zero-order chi connectivity index (χ0) is 15.0. The second-order valence-electron chi connectivity index (χ2n) is 5.82. The van der Waals surface area contributed by atoms with Crippen molar-refractivity contribution in [3.63, 3.8) is 0 Å². The largest absolute Gasteiger partial charge is 0.328 e. The van der Waals surface area contributed by atoms with Crippen molar-refractivity contribution in [1.82, 2.24) is 14.9 Å². The third-order valence-corrected chi connectivity index (χ3v) is 4.38. The number of fused-ring (bicyclic) bond motifs is 1. The summed E-state index contributed by atoms with van der Waals surface area (Å²) >= 11 is 5.91. The van der Waals surface area contributed by atoms with Gasteiger partial charge in [0, 0.05) is 17.6 Å². The second kappa shape index (κ2) is 5.75. The maximum absolute atomic E-state index is 12.1. The van der Waals surface area contributed by atoms with E-state index in [1.807, 2.05) is 6.92 Å². The van der Waals surface area contributed by atoms with E-state index in [1.165, 1.54) is 0 Å². The number of likely N-dealkylation sites (tertiary alicyclic amines) is 1. The normalized spacial score (nSPS) is 21.0. The number of hydrogen-bond donors (Lipinski definition) is 2. The van der Waals surface area contributed by atoms with Crippen LogP contribution in [0.25, 0.3) is 10.9 Å². The molecular formula is C15H19ClN4O. The number of nitrogens with one attached hydrogen (secondary N) is 1. The van der Waals surface area contributed by atoms with Crippen LogP contribution in [0.1, 0.15) is 19.2 Å². The Labute approximate surface area is 128 Å². The summed E-state index contributed by atoms with van der Waals surface area (Å²) in [6, 6.07) is 5.39. The molecule has 1 fully saturated rings. The molecule has 3 rings (SSSR count). The predicted octanol–water partition coefficient (Wildman–Crippen LogP) is 1.75. The molecule has 0 aliphatic carbocycles. The quantitative estimate of drug-likeness (QED) is 0.906. The number of nitrogens with zero attached hydrogens (tertiary/aromatic N) is 2. The molecule has 3 N–H and O–H groups in total. The molecule has 0 saturated carbocycles. The average molecular weight is 307 g/mol. The summed E-state index contributed by atoms with van der Waals surface area (Å²) in [7, 11) is 0. The first-order valence-electron chi connectivity index (χ1n) is 7.19. The molecule has 1 aromatic carbocycles. The minimum Gasteiger partial charge on any atom is -0.328 e. The molecule has 1 saturated heterocycles. The molecule has 1 aromatic heterocycles. The first kappa shape index (κ1) is 14.5. The Morgan fingerprint density at radius 1 is 1.57 bits per heavy atom. The Morgan fingerprint density at radius 2 is 2.38 bits per heavy atom. The van der Waals surface area contributed by atoms with Crippen LogP contribution >= 0.6 is 11.6 Å². The van der Waals surface area contributed by atoms with Crippen molar-refractivity contribution in [3.05, 3.63) is 39.4 Å². The molecule has 1 aliphatic rings. The van der Waals surface area contributed by atoms with Crippen LogP contribution in [0.15, 0.2) is 23.0 Å². The topological polar surface area (TPSA) is 75.0 Å². The van der Waals surface area contributed by atoms with Crippen LogP contribution in [0.5, 0.6) is 0 Å². The van der Waals surface area contributed by atoms with E-state index in [9.17, 15) is 4.79 Å². The van der Waals surface area contributed by atoms with Crippen LogP contribution in [0.2, 0.25) is 5.02 Å². The number of aromatic nitrogens is 2. The van der Waals surface area contributed by atoms with Crippen molar-refractivity contribution in [2.75, 3.05) is 13.1 Å². The molecule has 112 valence electrons.